The lowest BCUT2D eigenvalue weighted by Gasteiger charge is -2.22. The van der Waals surface area contributed by atoms with E-state index in [-0.39, 0.29) is 12.0 Å². The van der Waals surface area contributed by atoms with Crippen LogP contribution in [0.1, 0.15) is 30.6 Å². The van der Waals surface area contributed by atoms with E-state index >= 15 is 0 Å². The van der Waals surface area contributed by atoms with Crippen molar-refractivity contribution in [3.63, 3.8) is 0 Å². The molecule has 1 aromatic carbocycles. The molecule has 1 heterocycles. The normalized spacial score (nSPS) is 22.0. The highest BCUT2D eigenvalue weighted by Gasteiger charge is 2.30. The van der Waals surface area contributed by atoms with Gasteiger partial charge in [-0.25, -0.2) is 0 Å². The van der Waals surface area contributed by atoms with E-state index in [1.807, 2.05) is 12.1 Å². The van der Waals surface area contributed by atoms with Crippen LogP contribution in [0, 0.1) is 11.8 Å². The van der Waals surface area contributed by atoms with Crippen molar-refractivity contribution in [1.29, 1.82) is 0 Å². The minimum absolute atomic E-state index is 0.0862. The molecule has 110 valence electrons. The Morgan fingerprint density at radius 1 is 1.45 bits per heavy atom. The highest BCUT2D eigenvalue weighted by molar-refractivity contribution is 5.96. The van der Waals surface area contributed by atoms with Crippen LogP contribution in [0.3, 0.4) is 0 Å². The summed E-state index contributed by atoms with van der Waals surface area (Å²) in [6.07, 6.45) is 1.25. The van der Waals surface area contributed by atoms with Gasteiger partial charge in [-0.1, -0.05) is 26.0 Å². The first-order chi connectivity index (χ1) is 9.63. The van der Waals surface area contributed by atoms with E-state index in [9.17, 15) is 4.79 Å². The summed E-state index contributed by atoms with van der Waals surface area (Å²) in [5.74, 6) is 1.39. The minimum atomic E-state index is -0.0862. The van der Waals surface area contributed by atoms with Gasteiger partial charge in [0.2, 0.25) is 0 Å². The first-order valence-corrected chi connectivity index (χ1v) is 7.16. The smallest absolute Gasteiger partial charge is 0.255 e. The van der Waals surface area contributed by atoms with Crippen LogP contribution in [-0.2, 0) is 4.74 Å². The van der Waals surface area contributed by atoms with E-state index in [2.05, 4.69) is 19.2 Å². The molecule has 4 heteroatoms. The second kappa shape index (κ2) is 6.75. The number of methoxy groups -OCH3 is 1. The number of carbonyl (C=O) groups is 1. The van der Waals surface area contributed by atoms with E-state index in [0.29, 0.717) is 29.7 Å². The van der Waals surface area contributed by atoms with Gasteiger partial charge < -0.3 is 14.8 Å². The topological polar surface area (TPSA) is 47.6 Å². The summed E-state index contributed by atoms with van der Waals surface area (Å²) in [5, 5.41) is 3.00. The average molecular weight is 277 g/mol. The van der Waals surface area contributed by atoms with Crippen LogP contribution in [0.2, 0.25) is 0 Å². The molecular weight excluding hydrogens is 254 g/mol. The van der Waals surface area contributed by atoms with Crippen molar-refractivity contribution in [2.24, 2.45) is 11.8 Å². The predicted octanol–water partition coefficient (Wildman–Crippen LogP) is 2.49. The zero-order chi connectivity index (χ0) is 14.5. The first kappa shape index (κ1) is 14.9. The molecule has 4 nitrogen and oxygen atoms in total. The Bertz CT molecular complexity index is 459. The summed E-state index contributed by atoms with van der Waals surface area (Å²) in [5.41, 5.74) is 0.579. The van der Waals surface area contributed by atoms with Crippen molar-refractivity contribution < 1.29 is 14.3 Å². The van der Waals surface area contributed by atoms with Gasteiger partial charge in [-0.3, -0.25) is 4.79 Å². The molecule has 1 aromatic rings. The van der Waals surface area contributed by atoms with E-state index in [4.69, 9.17) is 9.47 Å². The van der Waals surface area contributed by atoms with E-state index in [1.54, 1.807) is 19.2 Å². The molecule has 0 aromatic heterocycles. The lowest BCUT2D eigenvalue weighted by atomic mass is 9.93. The maximum atomic E-state index is 12.2. The largest absolute Gasteiger partial charge is 0.496 e. The lowest BCUT2D eigenvalue weighted by Crippen LogP contribution is -2.35. The Morgan fingerprint density at radius 3 is 2.90 bits per heavy atom. The van der Waals surface area contributed by atoms with Crippen molar-refractivity contribution in [1.82, 2.24) is 5.32 Å². The maximum absolute atomic E-state index is 12.2. The molecule has 1 aliphatic heterocycles. The zero-order valence-corrected chi connectivity index (χ0v) is 12.4. The summed E-state index contributed by atoms with van der Waals surface area (Å²) >= 11 is 0. The predicted molar refractivity (Wildman–Crippen MR) is 78.0 cm³/mol. The molecule has 0 saturated carbocycles. The standard InChI is InChI=1S/C16H23NO3/c1-11(2)15-12(8-9-20-15)10-17-16(18)13-6-4-5-7-14(13)19-3/h4-7,11-12,15H,8-10H2,1-3H3,(H,17,18)/t12-,15+/m1/s1. The number of para-hydroxylation sites is 1. The molecule has 1 aliphatic rings. The van der Waals surface area contributed by atoms with Crippen LogP contribution < -0.4 is 10.1 Å². The van der Waals surface area contributed by atoms with Gasteiger partial charge in [0.25, 0.3) is 5.91 Å². The fraction of sp³-hybridized carbons (Fsp3) is 0.562. The Balaban J connectivity index is 1.95. The van der Waals surface area contributed by atoms with Gasteiger partial charge in [-0.05, 0) is 24.5 Å². The molecule has 0 spiro atoms. The van der Waals surface area contributed by atoms with Crippen molar-refractivity contribution in [2.75, 3.05) is 20.3 Å². The molecule has 1 saturated heterocycles. The number of amides is 1. The van der Waals surface area contributed by atoms with Gasteiger partial charge in [0.05, 0.1) is 18.8 Å². The van der Waals surface area contributed by atoms with Gasteiger partial charge >= 0.3 is 0 Å². The number of nitrogens with one attached hydrogen (secondary N) is 1. The Kier molecular flexibility index (Phi) is 5.01. The molecule has 2 atom stereocenters. The summed E-state index contributed by atoms with van der Waals surface area (Å²) in [7, 11) is 1.58. The summed E-state index contributed by atoms with van der Waals surface area (Å²) < 4.78 is 10.9. The van der Waals surface area contributed by atoms with E-state index < -0.39 is 0 Å². The molecule has 20 heavy (non-hydrogen) atoms. The number of rotatable bonds is 5. The molecule has 1 amide bonds. The average Bonchev–Trinajstić information content (AvgIpc) is 2.93. The molecule has 0 aliphatic carbocycles. The van der Waals surface area contributed by atoms with Crippen LogP contribution in [0.4, 0.5) is 0 Å². The van der Waals surface area contributed by atoms with Crippen molar-refractivity contribution in [3.8, 4) is 5.75 Å². The highest BCUT2D eigenvalue weighted by Crippen LogP contribution is 2.26. The summed E-state index contributed by atoms with van der Waals surface area (Å²) in [6.45, 7) is 5.76. The fourth-order valence-corrected chi connectivity index (χ4v) is 2.76. The second-order valence-corrected chi connectivity index (χ2v) is 5.54. The second-order valence-electron chi connectivity index (χ2n) is 5.54. The van der Waals surface area contributed by atoms with Crippen molar-refractivity contribution in [2.45, 2.75) is 26.4 Å². The monoisotopic (exact) mass is 277 g/mol. The third-order valence-corrected chi connectivity index (χ3v) is 3.80. The van der Waals surface area contributed by atoms with Gasteiger partial charge in [0, 0.05) is 19.1 Å². The SMILES string of the molecule is COc1ccccc1C(=O)NC[C@H]1CCO[C@H]1C(C)C. The van der Waals surface area contributed by atoms with Crippen LogP contribution in [-0.4, -0.2) is 32.3 Å². The highest BCUT2D eigenvalue weighted by atomic mass is 16.5. The molecule has 1 fully saturated rings. The van der Waals surface area contributed by atoms with Crippen LogP contribution >= 0.6 is 0 Å². The number of hydrogen-bond acceptors (Lipinski definition) is 3. The molecule has 2 rings (SSSR count). The number of benzene rings is 1. The van der Waals surface area contributed by atoms with Gasteiger partial charge in [-0.15, -0.1) is 0 Å². The number of ether oxygens (including phenoxy) is 2. The van der Waals surface area contributed by atoms with Crippen LogP contribution in [0.15, 0.2) is 24.3 Å². The van der Waals surface area contributed by atoms with Crippen molar-refractivity contribution in [3.05, 3.63) is 29.8 Å². The maximum Gasteiger partial charge on any atom is 0.255 e. The molecule has 0 radical (unpaired) electrons. The summed E-state index contributed by atoms with van der Waals surface area (Å²) in [6, 6.07) is 7.27. The van der Waals surface area contributed by atoms with E-state index in [1.165, 1.54) is 0 Å². The fourth-order valence-electron chi connectivity index (χ4n) is 2.76. The third-order valence-electron chi connectivity index (χ3n) is 3.80. The Hall–Kier alpha value is -1.55. The van der Waals surface area contributed by atoms with E-state index in [0.717, 1.165) is 13.0 Å². The third kappa shape index (κ3) is 3.31. The van der Waals surface area contributed by atoms with Crippen LogP contribution in [0.5, 0.6) is 5.75 Å². The molecule has 0 bridgehead atoms. The summed E-state index contributed by atoms with van der Waals surface area (Å²) in [4.78, 5) is 12.2. The lowest BCUT2D eigenvalue weighted by molar-refractivity contribution is 0.0533. The molecular formula is C16H23NO3. The zero-order valence-electron chi connectivity index (χ0n) is 12.4. The molecule has 0 unspecified atom stereocenters. The van der Waals surface area contributed by atoms with Gasteiger partial charge in [0.15, 0.2) is 0 Å². The molecule has 1 N–H and O–H groups in total. The first-order valence-electron chi connectivity index (χ1n) is 7.16. The quantitative estimate of drug-likeness (QED) is 0.899. The van der Waals surface area contributed by atoms with Gasteiger partial charge in [-0.2, -0.15) is 0 Å². The van der Waals surface area contributed by atoms with Gasteiger partial charge in [0.1, 0.15) is 5.75 Å². The van der Waals surface area contributed by atoms with Crippen molar-refractivity contribution >= 4 is 5.91 Å². The minimum Gasteiger partial charge on any atom is -0.496 e. The Labute approximate surface area is 120 Å². The Morgan fingerprint density at radius 2 is 2.20 bits per heavy atom. The number of carbonyl (C=O) groups excluding carboxylic acids is 1. The van der Waals surface area contributed by atoms with Crippen LogP contribution in [0.25, 0.3) is 0 Å². The number of hydrogen-bond donors (Lipinski definition) is 1.